The monoisotopic (exact) mass is 233 g/mol. The minimum atomic E-state index is 0.604. The van der Waals surface area contributed by atoms with Crippen LogP contribution in [0.25, 0.3) is 0 Å². The summed E-state index contributed by atoms with van der Waals surface area (Å²) in [6.07, 6.45) is 8.46. The van der Waals surface area contributed by atoms with Gasteiger partial charge in [-0.05, 0) is 37.0 Å². The number of benzene rings is 1. The van der Waals surface area contributed by atoms with Gasteiger partial charge in [0.25, 0.3) is 0 Å². The summed E-state index contributed by atoms with van der Waals surface area (Å²) < 4.78 is 0. The normalized spacial score (nSPS) is 29.3. The number of nitrogens with zero attached hydrogens (tertiary/aromatic N) is 1. The van der Waals surface area contributed by atoms with Gasteiger partial charge in [-0.1, -0.05) is 35.9 Å². The van der Waals surface area contributed by atoms with Crippen molar-refractivity contribution in [2.75, 3.05) is 6.54 Å². The Bertz CT molecular complexity index is 396. The fourth-order valence-corrected chi connectivity index (χ4v) is 3.07. The molecule has 1 saturated heterocycles. The Morgan fingerprint density at radius 2 is 1.94 bits per heavy atom. The summed E-state index contributed by atoms with van der Waals surface area (Å²) in [4.78, 5) is 2.63. The average molecular weight is 234 g/mol. The van der Waals surface area contributed by atoms with E-state index in [1.165, 1.54) is 31.4 Å². The molecule has 1 nitrogen and oxygen atoms in total. The van der Waals surface area contributed by atoms with Crippen LogP contribution in [0.5, 0.6) is 0 Å². The molecule has 2 aliphatic rings. The van der Waals surface area contributed by atoms with Gasteiger partial charge >= 0.3 is 0 Å². The van der Waals surface area contributed by atoms with Crippen molar-refractivity contribution in [1.82, 2.24) is 4.90 Å². The molecule has 2 heterocycles. The van der Waals surface area contributed by atoms with Crippen LogP contribution in [0.4, 0.5) is 0 Å². The summed E-state index contributed by atoms with van der Waals surface area (Å²) in [6, 6.07) is 9.64. The van der Waals surface area contributed by atoms with Crippen molar-refractivity contribution in [3.8, 4) is 0 Å². The summed E-state index contributed by atoms with van der Waals surface area (Å²) in [6.45, 7) is 1.20. The Morgan fingerprint density at radius 1 is 1.12 bits per heavy atom. The van der Waals surface area contributed by atoms with Crippen LogP contribution in [-0.4, -0.2) is 17.5 Å². The van der Waals surface area contributed by atoms with E-state index in [1.807, 2.05) is 12.1 Å². The van der Waals surface area contributed by atoms with Gasteiger partial charge in [-0.15, -0.1) is 0 Å². The van der Waals surface area contributed by atoms with Crippen molar-refractivity contribution in [3.05, 3.63) is 47.0 Å². The zero-order chi connectivity index (χ0) is 11.0. The molecule has 0 aliphatic carbocycles. The third kappa shape index (κ3) is 1.79. The Hall–Kier alpha value is -0.790. The maximum atomic E-state index is 5.93. The topological polar surface area (TPSA) is 3.24 Å². The summed E-state index contributed by atoms with van der Waals surface area (Å²) in [5.41, 5.74) is 1.42. The van der Waals surface area contributed by atoms with Crippen LogP contribution in [0.2, 0.25) is 5.02 Å². The third-order valence-corrected chi connectivity index (χ3v) is 3.98. The first-order valence-corrected chi connectivity index (χ1v) is 6.40. The van der Waals surface area contributed by atoms with Crippen molar-refractivity contribution in [3.63, 3.8) is 0 Å². The molecule has 0 saturated carbocycles. The minimum Gasteiger partial charge on any atom is -0.290 e. The van der Waals surface area contributed by atoms with Gasteiger partial charge in [0, 0.05) is 23.7 Å². The molecule has 2 aliphatic heterocycles. The van der Waals surface area contributed by atoms with Gasteiger partial charge < -0.3 is 0 Å². The van der Waals surface area contributed by atoms with E-state index in [2.05, 4.69) is 29.2 Å². The highest BCUT2D eigenvalue weighted by atomic mass is 35.5. The Kier molecular flexibility index (Phi) is 2.74. The molecule has 16 heavy (non-hydrogen) atoms. The van der Waals surface area contributed by atoms with E-state index in [0.717, 1.165) is 5.02 Å². The van der Waals surface area contributed by atoms with Crippen LogP contribution >= 0.6 is 11.6 Å². The van der Waals surface area contributed by atoms with Crippen LogP contribution in [0, 0.1) is 0 Å². The quantitative estimate of drug-likeness (QED) is 0.667. The molecular formula is C14H16ClN. The second kappa shape index (κ2) is 4.23. The van der Waals surface area contributed by atoms with Gasteiger partial charge in [-0.25, -0.2) is 0 Å². The smallest absolute Gasteiger partial charge is 0.0406 e. The van der Waals surface area contributed by atoms with Crippen molar-refractivity contribution >= 4 is 11.6 Å². The van der Waals surface area contributed by atoms with Crippen molar-refractivity contribution in [2.24, 2.45) is 0 Å². The van der Waals surface area contributed by atoms with Crippen molar-refractivity contribution in [2.45, 2.75) is 31.3 Å². The summed E-state index contributed by atoms with van der Waals surface area (Å²) >= 11 is 5.93. The molecule has 0 spiro atoms. The zero-order valence-electron chi connectivity index (χ0n) is 9.27. The van der Waals surface area contributed by atoms with E-state index in [-0.39, 0.29) is 0 Å². The van der Waals surface area contributed by atoms with E-state index in [0.29, 0.717) is 12.1 Å². The first-order valence-electron chi connectivity index (χ1n) is 6.02. The van der Waals surface area contributed by atoms with Crippen LogP contribution in [0.1, 0.15) is 30.9 Å². The predicted molar refractivity (Wildman–Crippen MR) is 67.7 cm³/mol. The van der Waals surface area contributed by atoms with Crippen LogP contribution < -0.4 is 0 Å². The summed E-state index contributed by atoms with van der Waals surface area (Å²) in [5.74, 6) is 0. The maximum absolute atomic E-state index is 5.93. The van der Waals surface area contributed by atoms with Gasteiger partial charge in [0.2, 0.25) is 0 Å². The molecule has 2 heteroatoms. The fraction of sp³-hybridized carbons (Fsp3) is 0.429. The highest BCUT2D eigenvalue weighted by Crippen LogP contribution is 2.38. The van der Waals surface area contributed by atoms with E-state index >= 15 is 0 Å². The number of hydrogen-bond donors (Lipinski definition) is 0. The van der Waals surface area contributed by atoms with Gasteiger partial charge in [-0.3, -0.25) is 4.90 Å². The molecule has 0 aromatic heterocycles. The number of hydrogen-bond acceptors (Lipinski definition) is 1. The second-order valence-corrected chi connectivity index (χ2v) is 5.10. The van der Waals surface area contributed by atoms with Gasteiger partial charge in [0.05, 0.1) is 0 Å². The second-order valence-electron chi connectivity index (χ2n) is 4.67. The number of rotatable bonds is 1. The SMILES string of the molecule is Clc1ccc([C@@H]2CC[C@@H]3C=CCCN32)cc1. The molecule has 3 rings (SSSR count). The van der Waals surface area contributed by atoms with E-state index < -0.39 is 0 Å². The predicted octanol–water partition coefficient (Wildman–Crippen LogP) is 3.81. The fourth-order valence-electron chi connectivity index (χ4n) is 2.94. The molecule has 0 amide bonds. The van der Waals surface area contributed by atoms with Gasteiger partial charge in [-0.2, -0.15) is 0 Å². The largest absolute Gasteiger partial charge is 0.290 e. The minimum absolute atomic E-state index is 0.604. The lowest BCUT2D eigenvalue weighted by Crippen LogP contribution is -2.33. The van der Waals surface area contributed by atoms with E-state index in [4.69, 9.17) is 11.6 Å². The third-order valence-electron chi connectivity index (χ3n) is 3.73. The van der Waals surface area contributed by atoms with Crippen molar-refractivity contribution < 1.29 is 0 Å². The summed E-state index contributed by atoms with van der Waals surface area (Å²) in [7, 11) is 0. The highest BCUT2D eigenvalue weighted by molar-refractivity contribution is 6.30. The van der Waals surface area contributed by atoms with Gasteiger partial charge in [0.15, 0.2) is 0 Å². The lowest BCUT2D eigenvalue weighted by Gasteiger charge is -2.31. The standard InChI is InChI=1S/C14H16ClN/c15-12-6-4-11(5-7-12)14-9-8-13-3-1-2-10-16(13)14/h1,3-7,13-14H,2,8-10H2/t13-,14-/m0/s1. The number of halogens is 1. The van der Waals surface area contributed by atoms with Crippen LogP contribution in [-0.2, 0) is 0 Å². The van der Waals surface area contributed by atoms with Crippen LogP contribution in [0.3, 0.4) is 0 Å². The lowest BCUT2D eigenvalue weighted by molar-refractivity contribution is 0.216. The Morgan fingerprint density at radius 3 is 2.75 bits per heavy atom. The summed E-state index contributed by atoms with van der Waals surface area (Å²) in [5, 5.41) is 0.830. The van der Waals surface area contributed by atoms with Crippen LogP contribution in [0.15, 0.2) is 36.4 Å². The number of fused-ring (bicyclic) bond motifs is 1. The van der Waals surface area contributed by atoms with E-state index in [9.17, 15) is 0 Å². The molecule has 0 unspecified atom stereocenters. The Labute approximate surface area is 102 Å². The maximum Gasteiger partial charge on any atom is 0.0406 e. The highest BCUT2D eigenvalue weighted by Gasteiger charge is 2.33. The molecule has 0 bridgehead atoms. The first kappa shape index (κ1) is 10.4. The Balaban J connectivity index is 1.85. The molecule has 1 fully saturated rings. The zero-order valence-corrected chi connectivity index (χ0v) is 10.0. The molecule has 0 N–H and O–H groups in total. The lowest BCUT2D eigenvalue weighted by atomic mass is 10.0. The molecule has 0 radical (unpaired) electrons. The molecule has 1 aromatic carbocycles. The first-order chi connectivity index (χ1) is 7.84. The molecule has 1 aromatic rings. The van der Waals surface area contributed by atoms with E-state index in [1.54, 1.807) is 0 Å². The van der Waals surface area contributed by atoms with Crippen molar-refractivity contribution in [1.29, 1.82) is 0 Å². The molecule has 2 atom stereocenters. The molecule has 84 valence electrons. The average Bonchev–Trinajstić information content (AvgIpc) is 2.74. The van der Waals surface area contributed by atoms with Gasteiger partial charge in [0.1, 0.15) is 0 Å². The molecular weight excluding hydrogens is 218 g/mol.